The lowest BCUT2D eigenvalue weighted by atomic mass is 10.0. The Bertz CT molecular complexity index is 328. The fraction of sp³-hybridized carbons (Fsp3) is 0.846. The first-order chi connectivity index (χ1) is 8.83. The van der Waals surface area contributed by atoms with Gasteiger partial charge in [-0.05, 0) is 12.8 Å². The number of hydrogen-bond donors (Lipinski definition) is 1. The van der Waals surface area contributed by atoms with Gasteiger partial charge in [0.05, 0.1) is 0 Å². The summed E-state index contributed by atoms with van der Waals surface area (Å²) in [6.07, 6.45) is 6.02. The molecule has 5 heteroatoms. The summed E-state index contributed by atoms with van der Waals surface area (Å²) >= 11 is 0. The molecule has 0 saturated carbocycles. The van der Waals surface area contributed by atoms with Crippen molar-refractivity contribution in [2.45, 2.75) is 51.6 Å². The second-order valence-corrected chi connectivity index (χ2v) is 5.04. The van der Waals surface area contributed by atoms with Gasteiger partial charge in [-0.3, -0.25) is 4.90 Å². The highest BCUT2D eigenvalue weighted by atomic mass is 16.5. The Kier molecular flexibility index (Phi) is 5.13. The van der Waals surface area contributed by atoms with Crippen LogP contribution < -0.4 is 5.32 Å². The molecule has 0 amide bonds. The third-order valence-electron chi connectivity index (χ3n) is 3.74. The summed E-state index contributed by atoms with van der Waals surface area (Å²) in [5, 5.41) is 7.30. The summed E-state index contributed by atoms with van der Waals surface area (Å²) in [7, 11) is 0. The molecule has 1 N–H and O–H groups in total. The van der Waals surface area contributed by atoms with Crippen LogP contribution in [0.4, 0.5) is 0 Å². The largest absolute Gasteiger partial charge is 0.340 e. The van der Waals surface area contributed by atoms with Crippen LogP contribution in [-0.4, -0.2) is 46.8 Å². The molecular weight excluding hydrogens is 228 g/mol. The maximum absolute atomic E-state index is 5.06. The lowest BCUT2D eigenvalue weighted by molar-refractivity contribution is 0.121. The molecule has 2 rings (SSSR count). The van der Waals surface area contributed by atoms with E-state index < -0.39 is 0 Å². The van der Waals surface area contributed by atoms with E-state index in [2.05, 4.69) is 34.2 Å². The minimum atomic E-state index is 0.639. The molecule has 2 heterocycles. The van der Waals surface area contributed by atoms with Crippen molar-refractivity contribution in [3.63, 3.8) is 0 Å². The van der Waals surface area contributed by atoms with Crippen LogP contribution in [0.2, 0.25) is 0 Å². The van der Waals surface area contributed by atoms with Crippen LogP contribution in [0, 0.1) is 0 Å². The molecule has 5 nitrogen and oxygen atoms in total. The summed E-state index contributed by atoms with van der Waals surface area (Å²) < 4.78 is 5.06. The van der Waals surface area contributed by atoms with Crippen molar-refractivity contribution in [1.82, 2.24) is 20.4 Å². The highest BCUT2D eigenvalue weighted by Crippen LogP contribution is 2.13. The Morgan fingerprint density at radius 1 is 1.50 bits per heavy atom. The lowest BCUT2D eigenvalue weighted by Gasteiger charge is -2.40. The summed E-state index contributed by atoms with van der Waals surface area (Å²) in [6.45, 7) is 7.76. The monoisotopic (exact) mass is 252 g/mol. The van der Waals surface area contributed by atoms with Crippen LogP contribution in [0.3, 0.4) is 0 Å². The van der Waals surface area contributed by atoms with Crippen molar-refractivity contribution in [2.24, 2.45) is 0 Å². The molecule has 18 heavy (non-hydrogen) atoms. The molecule has 1 saturated heterocycles. The van der Waals surface area contributed by atoms with Gasteiger partial charge in [0.1, 0.15) is 0 Å². The summed E-state index contributed by atoms with van der Waals surface area (Å²) in [5.41, 5.74) is 0. The Hall–Kier alpha value is -0.940. The van der Waals surface area contributed by atoms with Crippen molar-refractivity contribution in [1.29, 1.82) is 0 Å². The molecule has 0 aromatic carbocycles. The number of hydrogen-bond acceptors (Lipinski definition) is 5. The molecule has 1 aromatic heterocycles. The van der Waals surface area contributed by atoms with Crippen LogP contribution in [0.25, 0.3) is 0 Å². The third-order valence-corrected chi connectivity index (χ3v) is 3.74. The van der Waals surface area contributed by atoms with E-state index in [9.17, 15) is 0 Å². The van der Waals surface area contributed by atoms with Crippen molar-refractivity contribution in [3.05, 3.63) is 12.2 Å². The molecule has 1 fully saturated rings. The van der Waals surface area contributed by atoms with Gasteiger partial charge in [-0.15, -0.1) is 0 Å². The number of rotatable bonds is 6. The van der Waals surface area contributed by atoms with Gasteiger partial charge in [0.25, 0.3) is 0 Å². The van der Waals surface area contributed by atoms with E-state index >= 15 is 0 Å². The van der Waals surface area contributed by atoms with Gasteiger partial charge in [-0.1, -0.05) is 25.4 Å². The Labute approximate surface area is 109 Å². The zero-order chi connectivity index (χ0) is 12.8. The van der Waals surface area contributed by atoms with E-state index in [4.69, 9.17) is 4.52 Å². The Morgan fingerprint density at radius 3 is 3.06 bits per heavy atom. The molecular formula is C13H24N4O. The Balaban J connectivity index is 1.85. The lowest BCUT2D eigenvalue weighted by Crippen LogP contribution is -2.56. The summed E-state index contributed by atoms with van der Waals surface area (Å²) in [4.78, 5) is 6.66. The van der Waals surface area contributed by atoms with Gasteiger partial charge in [0.2, 0.25) is 5.89 Å². The maximum atomic E-state index is 5.06. The van der Waals surface area contributed by atoms with E-state index in [1.165, 1.54) is 25.6 Å². The van der Waals surface area contributed by atoms with Gasteiger partial charge in [-0.2, -0.15) is 4.98 Å². The van der Waals surface area contributed by atoms with Crippen molar-refractivity contribution in [2.75, 3.05) is 19.6 Å². The van der Waals surface area contributed by atoms with Gasteiger partial charge in [0.15, 0.2) is 6.33 Å². The number of nitrogens with one attached hydrogen (secondary N) is 1. The topological polar surface area (TPSA) is 54.2 Å². The molecule has 1 aliphatic rings. The van der Waals surface area contributed by atoms with Crippen molar-refractivity contribution >= 4 is 0 Å². The van der Waals surface area contributed by atoms with Gasteiger partial charge in [-0.25, -0.2) is 0 Å². The number of aromatic nitrogens is 2. The second kappa shape index (κ2) is 6.85. The molecule has 0 bridgehead atoms. The summed E-state index contributed by atoms with van der Waals surface area (Å²) in [5.74, 6) is 0.746. The molecule has 1 aliphatic heterocycles. The molecule has 1 aromatic rings. The van der Waals surface area contributed by atoms with Crippen LogP contribution in [0.5, 0.6) is 0 Å². The molecule has 0 radical (unpaired) electrons. The average Bonchev–Trinajstić information content (AvgIpc) is 2.90. The Morgan fingerprint density at radius 2 is 2.39 bits per heavy atom. The molecule has 2 unspecified atom stereocenters. The fourth-order valence-corrected chi connectivity index (χ4v) is 2.69. The SMILES string of the molecule is CCCC1CN(CCc2ncno2)C(CC)CN1. The van der Waals surface area contributed by atoms with Crippen LogP contribution >= 0.6 is 0 Å². The number of nitrogens with zero attached hydrogens (tertiary/aromatic N) is 3. The van der Waals surface area contributed by atoms with E-state index in [-0.39, 0.29) is 0 Å². The molecule has 102 valence electrons. The smallest absolute Gasteiger partial charge is 0.227 e. The highest BCUT2D eigenvalue weighted by Gasteiger charge is 2.26. The zero-order valence-corrected chi connectivity index (χ0v) is 11.4. The van der Waals surface area contributed by atoms with Gasteiger partial charge >= 0.3 is 0 Å². The standard InChI is InChI=1S/C13H24N4O/c1-3-5-11-9-17(12(4-2)8-14-11)7-6-13-15-10-16-18-13/h10-12,14H,3-9H2,1-2H3. The van der Waals surface area contributed by atoms with Gasteiger partial charge in [0, 0.05) is 38.1 Å². The first-order valence-electron chi connectivity index (χ1n) is 7.06. The van der Waals surface area contributed by atoms with Crippen LogP contribution in [0.1, 0.15) is 39.0 Å². The van der Waals surface area contributed by atoms with Crippen molar-refractivity contribution < 1.29 is 4.52 Å². The second-order valence-electron chi connectivity index (χ2n) is 5.04. The van der Waals surface area contributed by atoms with Crippen LogP contribution in [0.15, 0.2) is 10.9 Å². The van der Waals surface area contributed by atoms with Crippen molar-refractivity contribution in [3.8, 4) is 0 Å². The van der Waals surface area contributed by atoms with E-state index in [0.29, 0.717) is 12.1 Å². The average molecular weight is 252 g/mol. The summed E-state index contributed by atoms with van der Waals surface area (Å²) in [6, 6.07) is 1.28. The number of piperazine rings is 1. The molecule has 0 spiro atoms. The maximum Gasteiger partial charge on any atom is 0.227 e. The van der Waals surface area contributed by atoms with Gasteiger partial charge < -0.3 is 9.84 Å². The minimum Gasteiger partial charge on any atom is -0.340 e. The van der Waals surface area contributed by atoms with E-state index in [1.54, 1.807) is 0 Å². The predicted octanol–water partition coefficient (Wildman–Crippen LogP) is 1.46. The minimum absolute atomic E-state index is 0.639. The predicted molar refractivity (Wildman–Crippen MR) is 70.4 cm³/mol. The first-order valence-corrected chi connectivity index (χ1v) is 7.06. The molecule has 0 aliphatic carbocycles. The quantitative estimate of drug-likeness (QED) is 0.831. The van der Waals surface area contributed by atoms with E-state index in [0.717, 1.165) is 31.9 Å². The normalized spacial score (nSPS) is 25.4. The fourth-order valence-electron chi connectivity index (χ4n) is 2.69. The first kappa shape index (κ1) is 13.5. The third kappa shape index (κ3) is 3.53. The van der Waals surface area contributed by atoms with E-state index in [1.807, 2.05) is 0 Å². The zero-order valence-electron chi connectivity index (χ0n) is 11.4. The van der Waals surface area contributed by atoms with Crippen LogP contribution in [-0.2, 0) is 6.42 Å². The molecule has 2 atom stereocenters. The highest BCUT2D eigenvalue weighted by molar-refractivity contribution is 4.87.